The van der Waals surface area contributed by atoms with E-state index in [0.717, 1.165) is 5.52 Å². The van der Waals surface area contributed by atoms with E-state index < -0.39 is 0 Å². The van der Waals surface area contributed by atoms with Gasteiger partial charge < -0.3 is 5.32 Å². The number of fused-ring (bicyclic) bond motifs is 1. The number of benzene rings is 1. The number of rotatable bonds is 3. The van der Waals surface area contributed by atoms with E-state index in [2.05, 4.69) is 43.4 Å². The molecule has 0 atom stereocenters. The monoisotopic (exact) mass is 240 g/mol. The topological polar surface area (TPSA) is 24.9 Å². The normalized spacial score (nSPS) is 15.3. The summed E-state index contributed by atoms with van der Waals surface area (Å²) in [4.78, 5) is 4.81. The van der Waals surface area contributed by atoms with Gasteiger partial charge in [0.05, 0.1) is 5.52 Å². The van der Waals surface area contributed by atoms with E-state index in [4.69, 9.17) is 4.98 Å². The van der Waals surface area contributed by atoms with Gasteiger partial charge in [-0.25, -0.2) is 0 Å². The third-order valence-corrected chi connectivity index (χ3v) is 3.78. The fraction of sp³-hybridized carbons (Fsp3) is 0.438. The van der Waals surface area contributed by atoms with Gasteiger partial charge in [0.1, 0.15) is 0 Å². The second-order valence-corrected chi connectivity index (χ2v) is 5.55. The Morgan fingerprint density at radius 3 is 2.61 bits per heavy atom. The molecule has 1 aromatic heterocycles. The van der Waals surface area contributed by atoms with Crippen LogP contribution < -0.4 is 5.32 Å². The molecule has 1 aromatic carbocycles. The summed E-state index contributed by atoms with van der Waals surface area (Å²) in [5.74, 6) is 1.26. The number of nitrogens with zero attached hydrogens (tertiary/aromatic N) is 1. The van der Waals surface area contributed by atoms with Crippen molar-refractivity contribution in [3.8, 4) is 0 Å². The average molecular weight is 240 g/mol. The lowest BCUT2D eigenvalue weighted by Crippen LogP contribution is -1.97. The van der Waals surface area contributed by atoms with Gasteiger partial charge in [0.15, 0.2) is 0 Å². The molecule has 0 radical (unpaired) electrons. The summed E-state index contributed by atoms with van der Waals surface area (Å²) in [6, 6.07) is 8.87. The molecule has 1 aliphatic rings. The van der Waals surface area contributed by atoms with Crippen LogP contribution in [-0.2, 0) is 0 Å². The molecule has 0 aliphatic heterocycles. The van der Waals surface area contributed by atoms with Gasteiger partial charge in [-0.2, -0.15) is 0 Å². The summed E-state index contributed by atoms with van der Waals surface area (Å²) in [5, 5.41) is 4.56. The van der Waals surface area contributed by atoms with Crippen LogP contribution in [0, 0.1) is 0 Å². The van der Waals surface area contributed by atoms with Gasteiger partial charge in [0, 0.05) is 29.7 Å². The van der Waals surface area contributed by atoms with E-state index in [9.17, 15) is 0 Å². The van der Waals surface area contributed by atoms with Crippen molar-refractivity contribution in [2.24, 2.45) is 0 Å². The molecule has 94 valence electrons. The van der Waals surface area contributed by atoms with Crippen molar-refractivity contribution in [1.82, 2.24) is 4.98 Å². The van der Waals surface area contributed by atoms with Crippen molar-refractivity contribution in [2.45, 2.75) is 38.5 Å². The molecule has 1 heterocycles. The highest BCUT2D eigenvalue weighted by Gasteiger charge is 2.25. The molecule has 1 N–H and O–H groups in total. The molecule has 0 unspecified atom stereocenters. The Hall–Kier alpha value is -1.57. The largest absolute Gasteiger partial charge is 0.388 e. The number of anilines is 1. The van der Waals surface area contributed by atoms with E-state index in [0.29, 0.717) is 11.8 Å². The molecule has 1 fully saturated rings. The Bertz CT molecular complexity index is 583. The molecular formula is C16H20N2. The Kier molecular flexibility index (Phi) is 2.73. The van der Waals surface area contributed by atoms with Crippen molar-refractivity contribution in [3.63, 3.8) is 0 Å². The van der Waals surface area contributed by atoms with Crippen molar-refractivity contribution < 1.29 is 0 Å². The van der Waals surface area contributed by atoms with Crippen molar-refractivity contribution in [1.29, 1.82) is 0 Å². The number of pyridine rings is 1. The highest BCUT2D eigenvalue weighted by molar-refractivity contribution is 5.92. The van der Waals surface area contributed by atoms with Crippen LogP contribution in [0.3, 0.4) is 0 Å². The first-order valence-corrected chi connectivity index (χ1v) is 6.81. The molecule has 0 spiro atoms. The van der Waals surface area contributed by atoms with Crippen LogP contribution in [0.15, 0.2) is 24.3 Å². The number of hydrogen-bond donors (Lipinski definition) is 1. The Labute approximate surface area is 108 Å². The van der Waals surface area contributed by atoms with Gasteiger partial charge in [0.2, 0.25) is 0 Å². The smallest absolute Gasteiger partial charge is 0.0726 e. The van der Waals surface area contributed by atoms with E-state index in [1.165, 1.54) is 35.2 Å². The molecular weight excluding hydrogens is 220 g/mol. The van der Waals surface area contributed by atoms with Gasteiger partial charge >= 0.3 is 0 Å². The maximum atomic E-state index is 4.81. The predicted octanol–water partition coefficient (Wildman–Crippen LogP) is 4.28. The van der Waals surface area contributed by atoms with E-state index in [-0.39, 0.29) is 0 Å². The van der Waals surface area contributed by atoms with E-state index >= 15 is 0 Å². The number of hydrogen-bond acceptors (Lipinski definition) is 2. The first-order chi connectivity index (χ1) is 8.69. The van der Waals surface area contributed by atoms with Gasteiger partial charge in [-0.05, 0) is 42.5 Å². The molecule has 2 aromatic rings. The lowest BCUT2D eigenvalue weighted by atomic mass is 10.00. The Morgan fingerprint density at radius 1 is 1.22 bits per heavy atom. The Morgan fingerprint density at radius 2 is 2.00 bits per heavy atom. The lowest BCUT2D eigenvalue weighted by molar-refractivity contribution is 0.868. The standard InChI is InChI=1S/C16H20N2/c1-10(2)12-6-7-14-13(8-12)16(17-3)9-15(18-14)11-4-5-11/h6-11H,4-5H2,1-3H3,(H,17,18). The minimum Gasteiger partial charge on any atom is -0.388 e. The number of aromatic nitrogens is 1. The molecule has 2 nitrogen and oxygen atoms in total. The highest BCUT2D eigenvalue weighted by Crippen LogP contribution is 2.41. The fourth-order valence-corrected chi connectivity index (χ4v) is 2.42. The van der Waals surface area contributed by atoms with Crippen LogP contribution in [0.2, 0.25) is 0 Å². The molecule has 0 amide bonds. The second kappa shape index (κ2) is 4.27. The summed E-state index contributed by atoms with van der Waals surface area (Å²) >= 11 is 0. The molecule has 3 rings (SSSR count). The summed E-state index contributed by atoms with van der Waals surface area (Å²) in [6.45, 7) is 4.46. The SMILES string of the molecule is CNc1cc(C2CC2)nc2ccc(C(C)C)cc12. The van der Waals surface area contributed by atoms with E-state index in [1.807, 2.05) is 7.05 Å². The summed E-state index contributed by atoms with van der Waals surface area (Å²) in [6.07, 6.45) is 2.59. The molecule has 0 saturated heterocycles. The zero-order valence-corrected chi connectivity index (χ0v) is 11.3. The third kappa shape index (κ3) is 1.96. The first-order valence-electron chi connectivity index (χ1n) is 6.81. The highest BCUT2D eigenvalue weighted by atomic mass is 14.8. The maximum Gasteiger partial charge on any atom is 0.0726 e. The molecule has 2 heteroatoms. The quantitative estimate of drug-likeness (QED) is 0.866. The molecule has 1 saturated carbocycles. The van der Waals surface area contributed by atoms with Crippen LogP contribution >= 0.6 is 0 Å². The fourth-order valence-electron chi connectivity index (χ4n) is 2.42. The summed E-state index contributed by atoms with van der Waals surface area (Å²) in [5.41, 5.74) is 4.96. The van der Waals surface area contributed by atoms with Crippen molar-refractivity contribution in [3.05, 3.63) is 35.5 Å². The van der Waals surface area contributed by atoms with Crippen LogP contribution in [0.1, 0.15) is 49.8 Å². The van der Waals surface area contributed by atoms with Crippen LogP contribution in [0.25, 0.3) is 10.9 Å². The maximum absolute atomic E-state index is 4.81. The Balaban J connectivity index is 2.18. The molecule has 18 heavy (non-hydrogen) atoms. The van der Waals surface area contributed by atoms with Crippen LogP contribution in [0.4, 0.5) is 5.69 Å². The van der Waals surface area contributed by atoms with E-state index in [1.54, 1.807) is 0 Å². The van der Waals surface area contributed by atoms with Crippen molar-refractivity contribution in [2.75, 3.05) is 12.4 Å². The first kappa shape index (κ1) is 11.5. The second-order valence-electron chi connectivity index (χ2n) is 5.55. The van der Waals surface area contributed by atoms with Crippen LogP contribution in [0.5, 0.6) is 0 Å². The van der Waals surface area contributed by atoms with Gasteiger partial charge in [0.25, 0.3) is 0 Å². The average Bonchev–Trinajstić information content (AvgIpc) is 3.20. The molecule has 0 bridgehead atoms. The van der Waals surface area contributed by atoms with Gasteiger partial charge in [-0.3, -0.25) is 4.98 Å². The molecule has 1 aliphatic carbocycles. The van der Waals surface area contributed by atoms with Gasteiger partial charge in [-0.15, -0.1) is 0 Å². The van der Waals surface area contributed by atoms with Crippen molar-refractivity contribution >= 4 is 16.6 Å². The predicted molar refractivity (Wildman–Crippen MR) is 77.4 cm³/mol. The number of nitrogens with one attached hydrogen (secondary N) is 1. The minimum absolute atomic E-state index is 0.558. The lowest BCUT2D eigenvalue weighted by Gasteiger charge is -2.12. The zero-order valence-electron chi connectivity index (χ0n) is 11.3. The van der Waals surface area contributed by atoms with Crippen LogP contribution in [-0.4, -0.2) is 12.0 Å². The van der Waals surface area contributed by atoms with Gasteiger partial charge in [-0.1, -0.05) is 19.9 Å². The summed E-state index contributed by atoms with van der Waals surface area (Å²) < 4.78 is 0. The minimum atomic E-state index is 0.558. The zero-order chi connectivity index (χ0) is 12.7. The third-order valence-electron chi connectivity index (χ3n) is 3.78. The summed E-state index contributed by atoms with van der Waals surface area (Å²) in [7, 11) is 1.99.